The maximum Gasteiger partial charge on any atom is 0.262 e. The van der Waals surface area contributed by atoms with Gasteiger partial charge in [-0.25, -0.2) is 0 Å². The zero-order valence-corrected chi connectivity index (χ0v) is 8.53. The molecule has 0 atom stereocenters. The van der Waals surface area contributed by atoms with Crippen LogP contribution in [0.3, 0.4) is 0 Å². The van der Waals surface area contributed by atoms with Gasteiger partial charge in [0.25, 0.3) is 5.91 Å². The fraction of sp³-hybridized carbons (Fsp3) is 0.200. The van der Waals surface area contributed by atoms with E-state index < -0.39 is 5.91 Å². The molecule has 1 aromatic heterocycles. The summed E-state index contributed by atoms with van der Waals surface area (Å²) in [6.45, 7) is 3.12. The molecule has 1 aromatic rings. The maximum atomic E-state index is 11.1. The summed E-state index contributed by atoms with van der Waals surface area (Å²) in [6.07, 6.45) is 2.79. The van der Waals surface area contributed by atoms with Crippen LogP contribution in [0.4, 0.5) is 0 Å². The molecule has 0 aliphatic heterocycles. The lowest BCUT2D eigenvalue weighted by Gasteiger charge is -1.99. The van der Waals surface area contributed by atoms with Crippen molar-refractivity contribution in [2.75, 3.05) is 0 Å². The molecule has 0 bridgehead atoms. The van der Waals surface area contributed by atoms with Crippen molar-refractivity contribution < 1.29 is 14.0 Å². The van der Waals surface area contributed by atoms with E-state index in [0.29, 0.717) is 5.76 Å². The quantitative estimate of drug-likeness (QED) is 0.557. The van der Waals surface area contributed by atoms with Crippen molar-refractivity contribution >= 4 is 17.9 Å². The van der Waals surface area contributed by atoms with Crippen LogP contribution in [0.5, 0.6) is 0 Å². The molecular weight excluding hydrogens is 196 g/mol. The van der Waals surface area contributed by atoms with Crippen LogP contribution in [-0.4, -0.2) is 11.8 Å². The lowest BCUT2D eigenvalue weighted by atomic mass is 10.4. The number of rotatable bonds is 2. The van der Waals surface area contributed by atoms with Gasteiger partial charge in [0.1, 0.15) is 11.5 Å². The molecule has 15 heavy (non-hydrogen) atoms. The molecule has 80 valence electrons. The van der Waals surface area contributed by atoms with Gasteiger partial charge < -0.3 is 4.42 Å². The molecule has 1 rings (SSSR count). The van der Waals surface area contributed by atoms with Crippen LogP contribution in [0.15, 0.2) is 22.6 Å². The molecule has 0 saturated heterocycles. The third-order valence-electron chi connectivity index (χ3n) is 1.52. The van der Waals surface area contributed by atoms with Gasteiger partial charge in [-0.3, -0.25) is 20.4 Å². The number of hydrazine groups is 1. The van der Waals surface area contributed by atoms with E-state index in [4.69, 9.17) is 4.42 Å². The van der Waals surface area contributed by atoms with Crippen LogP contribution in [0, 0.1) is 6.92 Å². The van der Waals surface area contributed by atoms with E-state index >= 15 is 0 Å². The molecule has 2 N–H and O–H groups in total. The Morgan fingerprint density at radius 2 is 2.07 bits per heavy atom. The van der Waals surface area contributed by atoms with E-state index in [1.54, 1.807) is 12.1 Å². The van der Waals surface area contributed by atoms with Gasteiger partial charge in [-0.05, 0) is 25.1 Å². The Morgan fingerprint density at radius 3 is 2.60 bits per heavy atom. The summed E-state index contributed by atoms with van der Waals surface area (Å²) in [6, 6.07) is 3.54. The third kappa shape index (κ3) is 4.12. The zero-order valence-electron chi connectivity index (χ0n) is 8.53. The number of carbonyl (C=O) groups excluding carboxylic acids is 2. The highest BCUT2D eigenvalue weighted by atomic mass is 16.3. The lowest BCUT2D eigenvalue weighted by molar-refractivity contribution is -0.125. The minimum Gasteiger partial charge on any atom is -0.462 e. The fourth-order valence-electron chi connectivity index (χ4n) is 0.892. The van der Waals surface area contributed by atoms with Gasteiger partial charge in [0.2, 0.25) is 5.91 Å². The van der Waals surface area contributed by atoms with Gasteiger partial charge in [0.05, 0.1) is 0 Å². The standard InChI is InChI=1S/C10H12N2O3/c1-7-3-4-9(15-7)5-6-10(14)12-11-8(2)13/h3-6H,1-2H3,(H,11,13)(H,12,14)/b6-5+. The molecule has 2 amide bonds. The molecule has 5 nitrogen and oxygen atoms in total. The first-order chi connectivity index (χ1) is 7.08. The molecule has 5 heteroatoms. The predicted octanol–water partition coefficient (Wildman–Crippen LogP) is 0.769. The number of hydrogen-bond donors (Lipinski definition) is 2. The van der Waals surface area contributed by atoms with Crippen LogP contribution in [0.25, 0.3) is 6.08 Å². The second-order valence-electron chi connectivity index (χ2n) is 2.95. The summed E-state index contributed by atoms with van der Waals surface area (Å²) in [5.41, 5.74) is 4.36. The fourth-order valence-corrected chi connectivity index (χ4v) is 0.892. The summed E-state index contributed by atoms with van der Waals surface area (Å²) < 4.78 is 5.21. The molecule has 0 aromatic carbocycles. The second-order valence-corrected chi connectivity index (χ2v) is 2.95. The van der Waals surface area contributed by atoms with Crippen molar-refractivity contribution in [3.8, 4) is 0 Å². The molecule has 0 spiro atoms. The normalized spacial score (nSPS) is 10.3. The molecular formula is C10H12N2O3. The van der Waals surface area contributed by atoms with Gasteiger partial charge in [-0.15, -0.1) is 0 Å². The van der Waals surface area contributed by atoms with Crippen LogP contribution < -0.4 is 10.9 Å². The van der Waals surface area contributed by atoms with E-state index in [9.17, 15) is 9.59 Å². The molecule has 1 heterocycles. The van der Waals surface area contributed by atoms with E-state index in [1.807, 2.05) is 6.92 Å². The summed E-state index contributed by atoms with van der Waals surface area (Å²) in [5.74, 6) is 0.618. The minimum atomic E-state index is -0.417. The van der Waals surface area contributed by atoms with E-state index in [1.165, 1.54) is 19.1 Å². The first-order valence-electron chi connectivity index (χ1n) is 4.39. The smallest absolute Gasteiger partial charge is 0.262 e. The van der Waals surface area contributed by atoms with Crippen molar-refractivity contribution in [3.05, 3.63) is 29.7 Å². The van der Waals surface area contributed by atoms with E-state index in [2.05, 4.69) is 10.9 Å². The highest BCUT2D eigenvalue weighted by molar-refractivity contribution is 5.92. The van der Waals surface area contributed by atoms with Gasteiger partial charge in [0, 0.05) is 13.0 Å². The lowest BCUT2D eigenvalue weighted by Crippen LogP contribution is -2.39. The molecule has 0 radical (unpaired) electrons. The Morgan fingerprint density at radius 1 is 1.33 bits per heavy atom. The number of furan rings is 1. The summed E-state index contributed by atoms with van der Waals surface area (Å²) in [5, 5.41) is 0. The summed E-state index contributed by atoms with van der Waals surface area (Å²) >= 11 is 0. The minimum absolute atomic E-state index is 0.328. The van der Waals surface area contributed by atoms with E-state index in [0.717, 1.165) is 5.76 Å². The number of nitrogens with one attached hydrogen (secondary N) is 2. The Balaban J connectivity index is 2.44. The Labute approximate surface area is 87.1 Å². The monoisotopic (exact) mass is 208 g/mol. The zero-order chi connectivity index (χ0) is 11.3. The van der Waals surface area contributed by atoms with Gasteiger partial charge >= 0.3 is 0 Å². The molecule has 0 aliphatic rings. The SMILES string of the molecule is CC(=O)NNC(=O)/C=C/c1ccc(C)o1. The molecule has 0 unspecified atom stereocenters. The predicted molar refractivity (Wildman–Crippen MR) is 54.4 cm³/mol. The largest absolute Gasteiger partial charge is 0.462 e. The Kier molecular flexibility index (Phi) is 3.68. The Hall–Kier alpha value is -2.04. The first kappa shape index (κ1) is 11.0. The molecule has 0 aliphatic carbocycles. The van der Waals surface area contributed by atoms with Crippen LogP contribution >= 0.6 is 0 Å². The van der Waals surface area contributed by atoms with Crippen molar-refractivity contribution in [1.29, 1.82) is 0 Å². The highest BCUT2D eigenvalue weighted by Gasteiger charge is 1.97. The highest BCUT2D eigenvalue weighted by Crippen LogP contribution is 2.07. The summed E-state index contributed by atoms with van der Waals surface area (Å²) in [4.78, 5) is 21.5. The Bertz CT molecular complexity index is 393. The van der Waals surface area contributed by atoms with Crippen LogP contribution in [0.2, 0.25) is 0 Å². The van der Waals surface area contributed by atoms with Gasteiger partial charge in [0.15, 0.2) is 0 Å². The average molecular weight is 208 g/mol. The van der Waals surface area contributed by atoms with Gasteiger partial charge in [-0.2, -0.15) is 0 Å². The van der Waals surface area contributed by atoms with Crippen LogP contribution in [0.1, 0.15) is 18.4 Å². The third-order valence-corrected chi connectivity index (χ3v) is 1.52. The number of amides is 2. The number of hydrogen-bond acceptors (Lipinski definition) is 3. The van der Waals surface area contributed by atoms with Crippen molar-refractivity contribution in [2.45, 2.75) is 13.8 Å². The van der Waals surface area contributed by atoms with Gasteiger partial charge in [-0.1, -0.05) is 0 Å². The average Bonchev–Trinajstić information content (AvgIpc) is 2.58. The number of carbonyl (C=O) groups is 2. The second kappa shape index (κ2) is 4.99. The molecule has 0 saturated carbocycles. The van der Waals surface area contributed by atoms with E-state index in [-0.39, 0.29) is 5.91 Å². The number of aryl methyl sites for hydroxylation is 1. The first-order valence-corrected chi connectivity index (χ1v) is 4.39. The van der Waals surface area contributed by atoms with Crippen molar-refractivity contribution in [1.82, 2.24) is 10.9 Å². The topological polar surface area (TPSA) is 71.3 Å². The van der Waals surface area contributed by atoms with Crippen molar-refractivity contribution in [2.24, 2.45) is 0 Å². The van der Waals surface area contributed by atoms with Crippen LogP contribution in [-0.2, 0) is 9.59 Å². The maximum absolute atomic E-state index is 11.1. The molecule has 0 fully saturated rings. The summed E-state index contributed by atoms with van der Waals surface area (Å²) in [7, 11) is 0. The van der Waals surface area contributed by atoms with Crippen molar-refractivity contribution in [3.63, 3.8) is 0 Å².